The maximum Gasteiger partial charge on any atom is 0.0602 e. The summed E-state index contributed by atoms with van der Waals surface area (Å²) in [6, 6.07) is 9.35. The molecule has 2 aliphatic rings. The van der Waals surface area contributed by atoms with Gasteiger partial charge in [-0.2, -0.15) is 0 Å². The molecule has 17 heavy (non-hydrogen) atoms. The summed E-state index contributed by atoms with van der Waals surface area (Å²) < 4.78 is 0. The molecule has 92 valence electrons. The van der Waals surface area contributed by atoms with Crippen molar-refractivity contribution in [3.8, 4) is 0 Å². The van der Waals surface area contributed by atoms with Crippen LogP contribution in [0.15, 0.2) is 24.3 Å². The van der Waals surface area contributed by atoms with Gasteiger partial charge < -0.3 is 15.5 Å². The Hall–Kier alpha value is -1.22. The van der Waals surface area contributed by atoms with Crippen molar-refractivity contribution in [2.45, 2.75) is 25.3 Å². The van der Waals surface area contributed by atoms with Crippen molar-refractivity contribution in [1.82, 2.24) is 5.32 Å². The van der Waals surface area contributed by atoms with E-state index in [9.17, 15) is 0 Å². The van der Waals surface area contributed by atoms with Crippen LogP contribution < -0.4 is 15.5 Å². The summed E-state index contributed by atoms with van der Waals surface area (Å²) in [4.78, 5) is 2.53. The predicted octanol–water partition coefficient (Wildman–Crippen LogP) is 2.06. The van der Waals surface area contributed by atoms with Crippen LogP contribution in [0.1, 0.15) is 19.3 Å². The highest BCUT2D eigenvalue weighted by Crippen LogP contribution is 2.28. The number of nitrogens with zero attached hydrogens (tertiary/aromatic N) is 1. The van der Waals surface area contributed by atoms with Crippen LogP contribution in [0.25, 0.3) is 0 Å². The molecule has 3 rings (SSSR count). The smallest absolute Gasteiger partial charge is 0.0602 e. The summed E-state index contributed by atoms with van der Waals surface area (Å²) in [5.74, 6) is 0. The largest absolute Gasteiger partial charge is 0.378 e. The fourth-order valence-corrected chi connectivity index (χ4v) is 2.62. The van der Waals surface area contributed by atoms with Gasteiger partial charge >= 0.3 is 0 Å². The van der Waals surface area contributed by atoms with Gasteiger partial charge in [-0.1, -0.05) is 12.1 Å². The van der Waals surface area contributed by atoms with Gasteiger partial charge in [-0.15, -0.1) is 0 Å². The lowest BCUT2D eigenvalue weighted by Crippen LogP contribution is -2.51. The first-order chi connectivity index (χ1) is 8.43. The lowest BCUT2D eigenvalue weighted by atomic mass is 10.1. The fourth-order valence-electron chi connectivity index (χ4n) is 2.62. The molecule has 1 aromatic carbocycles. The number of hydrogen-bond acceptors (Lipinski definition) is 3. The van der Waals surface area contributed by atoms with E-state index in [2.05, 4.69) is 39.8 Å². The van der Waals surface area contributed by atoms with E-state index >= 15 is 0 Å². The van der Waals surface area contributed by atoms with Crippen molar-refractivity contribution < 1.29 is 0 Å². The van der Waals surface area contributed by atoms with E-state index in [1.165, 1.54) is 43.7 Å². The molecule has 0 aliphatic carbocycles. The topological polar surface area (TPSA) is 27.3 Å². The normalized spacial score (nSPS) is 21.1. The molecule has 0 atom stereocenters. The van der Waals surface area contributed by atoms with Gasteiger partial charge in [0.25, 0.3) is 0 Å². The predicted molar refractivity (Wildman–Crippen MR) is 72.8 cm³/mol. The summed E-state index contributed by atoms with van der Waals surface area (Å²) in [5.41, 5.74) is 2.69. The van der Waals surface area contributed by atoms with Crippen LogP contribution in [-0.2, 0) is 0 Å². The van der Waals surface area contributed by atoms with Gasteiger partial charge in [0.2, 0.25) is 0 Å². The Morgan fingerprint density at radius 2 is 1.82 bits per heavy atom. The molecule has 0 bridgehead atoms. The van der Waals surface area contributed by atoms with Gasteiger partial charge in [-0.05, 0) is 31.4 Å². The van der Waals surface area contributed by atoms with Gasteiger partial charge in [0.15, 0.2) is 0 Å². The standard InChI is InChI=1S/C14H21N3/c1-4-8-17(9-5-1)14-7-3-2-6-13(14)16-12-10-15-11-12/h2-3,6-7,12,15-16H,1,4-5,8-11H2. The van der Waals surface area contributed by atoms with Crippen molar-refractivity contribution in [2.24, 2.45) is 0 Å². The summed E-state index contributed by atoms with van der Waals surface area (Å²) >= 11 is 0. The molecular formula is C14H21N3. The number of piperidine rings is 1. The first-order valence-electron chi connectivity index (χ1n) is 6.75. The Morgan fingerprint density at radius 1 is 1.06 bits per heavy atom. The quantitative estimate of drug-likeness (QED) is 0.834. The van der Waals surface area contributed by atoms with Crippen LogP contribution in [0.5, 0.6) is 0 Å². The SMILES string of the molecule is c1ccc(N2CCCCC2)c(NC2CNC2)c1. The van der Waals surface area contributed by atoms with Crippen molar-refractivity contribution >= 4 is 11.4 Å². The van der Waals surface area contributed by atoms with E-state index in [4.69, 9.17) is 0 Å². The maximum absolute atomic E-state index is 3.64. The third-order valence-corrected chi connectivity index (χ3v) is 3.74. The molecule has 2 saturated heterocycles. The molecular weight excluding hydrogens is 210 g/mol. The van der Waals surface area contributed by atoms with Gasteiger partial charge in [-0.3, -0.25) is 0 Å². The van der Waals surface area contributed by atoms with Crippen LogP contribution in [0.4, 0.5) is 11.4 Å². The van der Waals surface area contributed by atoms with E-state index in [0.717, 1.165) is 13.1 Å². The summed E-state index contributed by atoms with van der Waals surface area (Å²) in [6.45, 7) is 4.60. The molecule has 1 aromatic rings. The highest BCUT2D eigenvalue weighted by Gasteiger charge is 2.19. The number of hydrogen-bond donors (Lipinski definition) is 2. The number of rotatable bonds is 3. The van der Waals surface area contributed by atoms with E-state index < -0.39 is 0 Å². The molecule has 2 fully saturated rings. The average molecular weight is 231 g/mol. The van der Waals surface area contributed by atoms with E-state index in [1.807, 2.05) is 0 Å². The molecule has 0 saturated carbocycles. The van der Waals surface area contributed by atoms with E-state index in [-0.39, 0.29) is 0 Å². The molecule has 0 spiro atoms. The van der Waals surface area contributed by atoms with Crippen LogP contribution >= 0.6 is 0 Å². The molecule has 0 aromatic heterocycles. The van der Waals surface area contributed by atoms with Crippen molar-refractivity contribution in [3.63, 3.8) is 0 Å². The minimum Gasteiger partial charge on any atom is -0.378 e. The van der Waals surface area contributed by atoms with Gasteiger partial charge in [-0.25, -0.2) is 0 Å². The molecule has 0 amide bonds. The molecule has 2 aliphatic heterocycles. The molecule has 2 N–H and O–H groups in total. The highest BCUT2D eigenvalue weighted by atomic mass is 15.2. The van der Waals surface area contributed by atoms with Crippen LogP contribution in [0, 0.1) is 0 Å². The molecule has 0 unspecified atom stereocenters. The van der Waals surface area contributed by atoms with Crippen LogP contribution in [0.3, 0.4) is 0 Å². The van der Waals surface area contributed by atoms with E-state index in [0.29, 0.717) is 6.04 Å². The first-order valence-corrected chi connectivity index (χ1v) is 6.75. The third-order valence-electron chi connectivity index (χ3n) is 3.74. The Balaban J connectivity index is 1.76. The van der Waals surface area contributed by atoms with Gasteiger partial charge in [0.05, 0.1) is 17.4 Å². The number of para-hydroxylation sites is 2. The monoisotopic (exact) mass is 231 g/mol. The van der Waals surface area contributed by atoms with Gasteiger partial charge in [0.1, 0.15) is 0 Å². The van der Waals surface area contributed by atoms with Crippen LogP contribution in [-0.4, -0.2) is 32.2 Å². The second-order valence-corrected chi connectivity index (χ2v) is 5.06. The second-order valence-electron chi connectivity index (χ2n) is 5.06. The van der Waals surface area contributed by atoms with Crippen LogP contribution in [0.2, 0.25) is 0 Å². The van der Waals surface area contributed by atoms with Crippen molar-refractivity contribution in [1.29, 1.82) is 0 Å². The lowest BCUT2D eigenvalue weighted by Gasteiger charge is -2.34. The zero-order chi connectivity index (χ0) is 11.5. The Bertz CT molecular complexity index is 367. The first kappa shape index (κ1) is 10.9. The summed E-state index contributed by atoms with van der Waals surface area (Å²) in [7, 11) is 0. The fraction of sp³-hybridized carbons (Fsp3) is 0.571. The molecule has 3 nitrogen and oxygen atoms in total. The average Bonchev–Trinajstić information content (AvgIpc) is 2.35. The maximum atomic E-state index is 3.64. The molecule has 3 heteroatoms. The summed E-state index contributed by atoms with van der Waals surface area (Å²) in [5, 5.41) is 6.94. The minimum atomic E-state index is 0.612. The Labute approximate surface area is 103 Å². The third kappa shape index (κ3) is 2.39. The molecule has 0 radical (unpaired) electrons. The van der Waals surface area contributed by atoms with Crippen molar-refractivity contribution in [3.05, 3.63) is 24.3 Å². The summed E-state index contributed by atoms with van der Waals surface area (Å²) in [6.07, 6.45) is 4.05. The second kappa shape index (κ2) is 4.96. The highest BCUT2D eigenvalue weighted by molar-refractivity contribution is 5.70. The minimum absolute atomic E-state index is 0.612. The zero-order valence-corrected chi connectivity index (χ0v) is 10.3. The molecule has 2 heterocycles. The van der Waals surface area contributed by atoms with E-state index in [1.54, 1.807) is 0 Å². The number of benzene rings is 1. The number of nitrogens with one attached hydrogen (secondary N) is 2. The van der Waals surface area contributed by atoms with Gasteiger partial charge in [0, 0.05) is 26.2 Å². The Kier molecular flexibility index (Phi) is 3.18. The lowest BCUT2D eigenvalue weighted by molar-refractivity contribution is 0.472. The zero-order valence-electron chi connectivity index (χ0n) is 10.3. The number of anilines is 2. The van der Waals surface area contributed by atoms with Crippen molar-refractivity contribution in [2.75, 3.05) is 36.4 Å². The Morgan fingerprint density at radius 3 is 2.53 bits per heavy atom.